The number of hydrogen-bond donors (Lipinski definition) is 1. The van der Waals surface area contributed by atoms with Crippen LogP contribution in [0.15, 0.2) is 57.2 Å². The van der Waals surface area contributed by atoms with Crippen LogP contribution in [0.5, 0.6) is 0 Å². The second-order valence-corrected chi connectivity index (χ2v) is 10.1. The van der Waals surface area contributed by atoms with Crippen LogP contribution >= 0.6 is 34.9 Å². The van der Waals surface area contributed by atoms with Crippen molar-refractivity contribution in [2.75, 3.05) is 11.1 Å². The molecule has 0 spiro atoms. The monoisotopic (exact) mass is 429 g/mol. The van der Waals surface area contributed by atoms with Gasteiger partial charge in [0, 0.05) is 11.4 Å². The van der Waals surface area contributed by atoms with E-state index >= 15 is 0 Å². The first-order chi connectivity index (χ1) is 13.5. The Balaban J connectivity index is 1.45. The van der Waals surface area contributed by atoms with Gasteiger partial charge in [-0.2, -0.15) is 0 Å². The summed E-state index contributed by atoms with van der Waals surface area (Å²) in [7, 11) is 0. The second kappa shape index (κ2) is 10.1. The highest BCUT2D eigenvalue weighted by molar-refractivity contribution is 8.03. The smallest absolute Gasteiger partial charge is 0.234 e. The molecule has 0 fully saturated rings. The molecular weight excluding hydrogens is 406 g/mol. The van der Waals surface area contributed by atoms with E-state index in [2.05, 4.69) is 53.6 Å². The number of rotatable bonds is 8. The van der Waals surface area contributed by atoms with E-state index in [0.29, 0.717) is 11.7 Å². The van der Waals surface area contributed by atoms with Crippen LogP contribution in [0.3, 0.4) is 0 Å². The number of nitrogens with zero attached hydrogens (tertiary/aromatic N) is 2. The summed E-state index contributed by atoms with van der Waals surface area (Å²) in [5, 5.41) is 11.3. The first-order valence-corrected chi connectivity index (χ1v) is 11.8. The van der Waals surface area contributed by atoms with E-state index in [9.17, 15) is 4.79 Å². The number of aromatic nitrogens is 2. The molecule has 0 saturated heterocycles. The van der Waals surface area contributed by atoms with E-state index < -0.39 is 0 Å². The van der Waals surface area contributed by atoms with Gasteiger partial charge in [0.05, 0.1) is 5.75 Å². The third-order valence-corrected chi connectivity index (χ3v) is 7.29. The third-order valence-electron chi connectivity index (χ3n) is 4.03. The molecule has 0 aliphatic heterocycles. The summed E-state index contributed by atoms with van der Waals surface area (Å²) in [5.74, 6) is 1.70. The zero-order valence-electron chi connectivity index (χ0n) is 16.1. The van der Waals surface area contributed by atoms with Gasteiger partial charge in [-0.25, -0.2) is 0 Å². The van der Waals surface area contributed by atoms with Gasteiger partial charge in [-0.05, 0) is 41.7 Å². The fourth-order valence-corrected chi connectivity index (χ4v) is 5.28. The van der Waals surface area contributed by atoms with Gasteiger partial charge in [0.15, 0.2) is 8.68 Å². The molecule has 1 aromatic heterocycles. The van der Waals surface area contributed by atoms with Gasteiger partial charge in [0.25, 0.3) is 0 Å². The lowest BCUT2D eigenvalue weighted by molar-refractivity contribution is -0.113. The minimum absolute atomic E-state index is 0.0368. The Morgan fingerprint density at radius 3 is 2.46 bits per heavy atom. The standard InChI is InChI=1S/C21H23N3OS3/c1-14(2)17-9-7-16(8-10-17)12-26-20-23-24-21(28-20)27-13-19(25)22-18-6-4-5-15(3)11-18/h4-11,14H,12-13H2,1-3H3,(H,22,25). The van der Waals surface area contributed by atoms with Gasteiger partial charge in [0.1, 0.15) is 0 Å². The van der Waals surface area contributed by atoms with Crippen molar-refractivity contribution in [1.82, 2.24) is 10.2 Å². The Morgan fingerprint density at radius 1 is 1.07 bits per heavy atom. The van der Waals surface area contributed by atoms with Gasteiger partial charge < -0.3 is 5.32 Å². The zero-order chi connectivity index (χ0) is 19.9. The lowest BCUT2D eigenvalue weighted by atomic mass is 10.0. The summed E-state index contributed by atoms with van der Waals surface area (Å²) in [5.41, 5.74) is 4.57. The number of anilines is 1. The zero-order valence-corrected chi connectivity index (χ0v) is 18.6. The van der Waals surface area contributed by atoms with E-state index in [1.54, 1.807) is 11.8 Å². The topological polar surface area (TPSA) is 54.9 Å². The number of thioether (sulfide) groups is 2. The Bertz CT molecular complexity index is 923. The average Bonchev–Trinajstić information content (AvgIpc) is 3.13. The molecular formula is C21H23N3OS3. The number of aryl methyl sites for hydroxylation is 1. The molecule has 1 heterocycles. The maximum absolute atomic E-state index is 12.1. The van der Waals surface area contributed by atoms with Gasteiger partial charge in [-0.3, -0.25) is 4.79 Å². The molecule has 2 aromatic carbocycles. The fourth-order valence-electron chi connectivity index (χ4n) is 2.50. The third kappa shape index (κ3) is 6.36. The van der Waals surface area contributed by atoms with Gasteiger partial charge in [0.2, 0.25) is 5.91 Å². The van der Waals surface area contributed by atoms with Crippen LogP contribution in [-0.4, -0.2) is 21.9 Å². The van der Waals surface area contributed by atoms with Crippen LogP contribution in [0.25, 0.3) is 0 Å². The molecule has 3 rings (SSSR count). The van der Waals surface area contributed by atoms with Crippen molar-refractivity contribution in [3.05, 3.63) is 65.2 Å². The summed E-state index contributed by atoms with van der Waals surface area (Å²) in [6.07, 6.45) is 0. The lowest BCUT2D eigenvalue weighted by Crippen LogP contribution is -2.13. The predicted octanol–water partition coefficient (Wildman–Crippen LogP) is 5.99. The molecule has 1 amide bonds. The van der Waals surface area contributed by atoms with Crippen LogP contribution in [0, 0.1) is 6.92 Å². The van der Waals surface area contributed by atoms with Crippen molar-refractivity contribution >= 4 is 46.5 Å². The first-order valence-electron chi connectivity index (χ1n) is 9.04. The van der Waals surface area contributed by atoms with E-state index in [0.717, 1.165) is 25.7 Å². The highest BCUT2D eigenvalue weighted by Gasteiger charge is 2.09. The molecule has 1 N–H and O–H groups in total. The summed E-state index contributed by atoms with van der Waals surface area (Å²) in [6, 6.07) is 16.5. The normalized spacial score (nSPS) is 11.0. The Kier molecular flexibility index (Phi) is 7.53. The van der Waals surface area contributed by atoms with Crippen molar-refractivity contribution in [1.29, 1.82) is 0 Å². The summed E-state index contributed by atoms with van der Waals surface area (Å²) in [6.45, 7) is 6.40. The maximum Gasteiger partial charge on any atom is 0.234 e. The van der Waals surface area contributed by atoms with Crippen LogP contribution < -0.4 is 5.32 Å². The highest BCUT2D eigenvalue weighted by atomic mass is 32.2. The number of carbonyl (C=O) groups is 1. The highest BCUT2D eigenvalue weighted by Crippen LogP contribution is 2.31. The molecule has 28 heavy (non-hydrogen) atoms. The lowest BCUT2D eigenvalue weighted by Gasteiger charge is -2.06. The van der Waals surface area contributed by atoms with Gasteiger partial charge >= 0.3 is 0 Å². The second-order valence-electron chi connectivity index (χ2n) is 6.73. The van der Waals surface area contributed by atoms with E-state index in [-0.39, 0.29) is 5.91 Å². The van der Waals surface area contributed by atoms with E-state index in [4.69, 9.17) is 0 Å². The molecule has 146 valence electrons. The quantitative estimate of drug-likeness (QED) is 0.446. The number of carbonyl (C=O) groups excluding carboxylic acids is 1. The average molecular weight is 430 g/mol. The van der Waals surface area contributed by atoms with E-state index in [1.807, 2.05) is 31.2 Å². The van der Waals surface area contributed by atoms with Gasteiger partial charge in [-0.15, -0.1) is 10.2 Å². The molecule has 0 unspecified atom stereocenters. The number of nitrogens with one attached hydrogen (secondary N) is 1. The molecule has 3 aromatic rings. The molecule has 0 saturated carbocycles. The van der Waals surface area contributed by atoms with Crippen molar-refractivity contribution in [2.45, 2.75) is 41.1 Å². The van der Waals surface area contributed by atoms with E-state index in [1.165, 1.54) is 34.2 Å². The van der Waals surface area contributed by atoms with Crippen LogP contribution in [0.2, 0.25) is 0 Å². The van der Waals surface area contributed by atoms with Crippen molar-refractivity contribution < 1.29 is 4.79 Å². The Labute approximate surface area is 178 Å². The van der Waals surface area contributed by atoms with Gasteiger partial charge in [-0.1, -0.05) is 85.1 Å². The summed E-state index contributed by atoms with van der Waals surface area (Å²) < 4.78 is 1.74. The number of hydrogen-bond acceptors (Lipinski definition) is 6. The van der Waals surface area contributed by atoms with Crippen molar-refractivity contribution in [2.24, 2.45) is 0 Å². The Morgan fingerprint density at radius 2 is 1.79 bits per heavy atom. The molecule has 0 radical (unpaired) electrons. The predicted molar refractivity (Wildman–Crippen MR) is 121 cm³/mol. The molecule has 0 atom stereocenters. The molecule has 0 aliphatic rings. The molecule has 0 aliphatic carbocycles. The minimum Gasteiger partial charge on any atom is -0.325 e. The first kappa shape index (κ1) is 20.9. The maximum atomic E-state index is 12.1. The number of benzene rings is 2. The van der Waals surface area contributed by atoms with Crippen LogP contribution in [-0.2, 0) is 10.5 Å². The van der Waals surface area contributed by atoms with Crippen LogP contribution in [0.1, 0.15) is 36.5 Å². The minimum atomic E-state index is -0.0368. The SMILES string of the molecule is Cc1cccc(NC(=O)CSc2nnc(SCc3ccc(C(C)C)cc3)s2)c1. The Hall–Kier alpha value is -1.83. The van der Waals surface area contributed by atoms with Crippen LogP contribution in [0.4, 0.5) is 5.69 Å². The number of amides is 1. The van der Waals surface area contributed by atoms with Crippen molar-refractivity contribution in [3.63, 3.8) is 0 Å². The largest absolute Gasteiger partial charge is 0.325 e. The summed E-state index contributed by atoms with van der Waals surface area (Å²) in [4.78, 5) is 12.1. The molecule has 0 bridgehead atoms. The van der Waals surface area contributed by atoms with Crippen molar-refractivity contribution in [3.8, 4) is 0 Å². The molecule has 4 nitrogen and oxygen atoms in total. The molecule has 7 heteroatoms. The summed E-state index contributed by atoms with van der Waals surface area (Å²) >= 11 is 4.63. The fraction of sp³-hybridized carbons (Fsp3) is 0.286.